The van der Waals surface area contributed by atoms with Gasteiger partial charge in [-0.15, -0.1) is 0 Å². The van der Waals surface area contributed by atoms with E-state index >= 15 is 0 Å². The molecule has 0 unspecified atom stereocenters. The number of rotatable bonds is 5. The van der Waals surface area contributed by atoms with Gasteiger partial charge >= 0.3 is 6.03 Å². The van der Waals surface area contributed by atoms with E-state index in [0.717, 1.165) is 24.4 Å². The second-order valence-corrected chi connectivity index (χ2v) is 6.40. The van der Waals surface area contributed by atoms with Crippen LogP contribution in [-0.2, 0) is 11.8 Å². The summed E-state index contributed by atoms with van der Waals surface area (Å²) in [5, 5.41) is 6.58. The molecule has 1 fully saturated rings. The number of amides is 2. The van der Waals surface area contributed by atoms with E-state index in [4.69, 9.17) is 16.3 Å². The number of halogens is 1. The molecule has 1 aromatic carbocycles. The van der Waals surface area contributed by atoms with E-state index in [1.54, 1.807) is 6.20 Å². The molecule has 0 spiro atoms. The minimum atomic E-state index is -0.345. The normalized spacial score (nSPS) is 18.3. The number of hydrogen-bond acceptors (Lipinski definition) is 3. The van der Waals surface area contributed by atoms with Gasteiger partial charge in [-0.2, -0.15) is 0 Å². The lowest BCUT2D eigenvalue weighted by atomic mass is 10.1. The largest absolute Gasteiger partial charge is 0.381 e. The molecule has 24 heavy (non-hydrogen) atoms. The van der Waals surface area contributed by atoms with Crippen molar-refractivity contribution in [2.24, 2.45) is 13.0 Å². The molecule has 0 aliphatic carbocycles. The molecule has 0 radical (unpaired) electrons. The zero-order valence-electron chi connectivity index (χ0n) is 13.5. The van der Waals surface area contributed by atoms with Crippen molar-refractivity contribution in [3.05, 3.63) is 53.1 Å². The summed E-state index contributed by atoms with van der Waals surface area (Å²) >= 11 is 5.97. The first-order valence-electron chi connectivity index (χ1n) is 7.98. The van der Waals surface area contributed by atoms with Gasteiger partial charge in [0.2, 0.25) is 0 Å². The fraction of sp³-hybridized carbons (Fsp3) is 0.412. The summed E-state index contributed by atoms with van der Waals surface area (Å²) in [6, 6.07) is 6.84. The maximum atomic E-state index is 12.3. The van der Waals surface area contributed by atoms with Crippen LogP contribution in [0.1, 0.15) is 23.9 Å². The van der Waals surface area contributed by atoms with E-state index in [1.165, 1.54) is 0 Å². The van der Waals surface area contributed by atoms with Gasteiger partial charge in [-0.05, 0) is 24.1 Å². The summed E-state index contributed by atoms with van der Waals surface area (Å²) < 4.78 is 7.22. The minimum Gasteiger partial charge on any atom is -0.381 e. The molecule has 128 valence electrons. The molecule has 1 aliphatic heterocycles. The van der Waals surface area contributed by atoms with Crippen molar-refractivity contribution < 1.29 is 9.53 Å². The molecular weight excluding hydrogens is 328 g/mol. The van der Waals surface area contributed by atoms with Gasteiger partial charge in [0, 0.05) is 43.5 Å². The molecule has 2 heterocycles. The Labute approximate surface area is 146 Å². The van der Waals surface area contributed by atoms with Crippen molar-refractivity contribution in [3.8, 4) is 0 Å². The summed E-state index contributed by atoms with van der Waals surface area (Å²) in [7, 11) is 1.90. The van der Waals surface area contributed by atoms with E-state index in [0.29, 0.717) is 24.1 Å². The highest BCUT2D eigenvalue weighted by atomic mass is 35.5. The highest BCUT2D eigenvalue weighted by Crippen LogP contribution is 2.22. The van der Waals surface area contributed by atoms with E-state index in [1.807, 2.05) is 42.1 Å². The SMILES string of the molecule is Cn1ccnc1[C@H](NC(=O)NC[C@@H]1CCOC1)c1ccc(Cl)cc1. The topological polar surface area (TPSA) is 68.2 Å². The number of aryl methyl sites for hydroxylation is 1. The third-order valence-electron chi connectivity index (χ3n) is 4.17. The number of imidazole rings is 1. The van der Waals surface area contributed by atoms with Crippen LogP contribution in [-0.4, -0.2) is 35.3 Å². The summed E-state index contributed by atoms with van der Waals surface area (Å²) in [5.74, 6) is 1.15. The first-order valence-corrected chi connectivity index (χ1v) is 8.36. The van der Waals surface area contributed by atoms with Gasteiger partial charge in [0.25, 0.3) is 0 Å². The molecule has 0 bridgehead atoms. The number of hydrogen-bond donors (Lipinski definition) is 2. The van der Waals surface area contributed by atoms with E-state index in [2.05, 4.69) is 15.6 Å². The monoisotopic (exact) mass is 348 g/mol. The molecule has 2 atom stereocenters. The Kier molecular flexibility index (Phi) is 5.37. The fourth-order valence-electron chi connectivity index (χ4n) is 2.77. The van der Waals surface area contributed by atoms with Crippen molar-refractivity contribution in [3.63, 3.8) is 0 Å². The molecular formula is C17H21ClN4O2. The highest BCUT2D eigenvalue weighted by Gasteiger charge is 2.22. The van der Waals surface area contributed by atoms with Crippen LogP contribution in [0.15, 0.2) is 36.7 Å². The number of nitrogens with one attached hydrogen (secondary N) is 2. The zero-order chi connectivity index (χ0) is 16.9. The summed E-state index contributed by atoms with van der Waals surface area (Å²) in [5.41, 5.74) is 0.924. The van der Waals surface area contributed by atoms with E-state index in [-0.39, 0.29) is 12.1 Å². The Morgan fingerprint density at radius 2 is 2.25 bits per heavy atom. The Hall–Kier alpha value is -2.05. The number of carbonyl (C=O) groups excluding carboxylic acids is 1. The maximum Gasteiger partial charge on any atom is 0.315 e. The van der Waals surface area contributed by atoms with Crippen LogP contribution in [0.2, 0.25) is 5.02 Å². The van der Waals surface area contributed by atoms with Crippen LogP contribution in [0, 0.1) is 5.92 Å². The molecule has 3 rings (SSSR count). The quantitative estimate of drug-likeness (QED) is 0.872. The molecule has 0 saturated carbocycles. The smallest absolute Gasteiger partial charge is 0.315 e. The fourth-order valence-corrected chi connectivity index (χ4v) is 2.90. The molecule has 2 N–H and O–H groups in total. The van der Waals surface area contributed by atoms with Crippen LogP contribution in [0.5, 0.6) is 0 Å². The Morgan fingerprint density at radius 3 is 2.88 bits per heavy atom. The predicted octanol–water partition coefficient (Wildman–Crippen LogP) is 2.50. The van der Waals surface area contributed by atoms with Crippen LogP contribution in [0.3, 0.4) is 0 Å². The number of ether oxygens (including phenoxy) is 1. The van der Waals surface area contributed by atoms with Gasteiger partial charge in [-0.1, -0.05) is 23.7 Å². The molecule has 2 amide bonds. The van der Waals surface area contributed by atoms with Crippen LogP contribution in [0.25, 0.3) is 0 Å². The van der Waals surface area contributed by atoms with Gasteiger partial charge in [0.1, 0.15) is 11.9 Å². The molecule has 7 heteroatoms. The van der Waals surface area contributed by atoms with Crippen LogP contribution in [0.4, 0.5) is 4.79 Å². The van der Waals surface area contributed by atoms with Crippen molar-refractivity contribution >= 4 is 17.6 Å². The van der Waals surface area contributed by atoms with Crippen molar-refractivity contribution in [1.82, 2.24) is 20.2 Å². The number of urea groups is 1. The molecule has 1 saturated heterocycles. The lowest BCUT2D eigenvalue weighted by molar-refractivity contribution is 0.185. The van der Waals surface area contributed by atoms with Crippen molar-refractivity contribution in [1.29, 1.82) is 0 Å². The van der Waals surface area contributed by atoms with Gasteiger partial charge in [-0.25, -0.2) is 9.78 Å². The Balaban J connectivity index is 1.71. The first kappa shape index (κ1) is 16.8. The molecule has 1 aliphatic rings. The molecule has 6 nitrogen and oxygen atoms in total. The van der Waals surface area contributed by atoms with E-state index < -0.39 is 0 Å². The lowest BCUT2D eigenvalue weighted by Crippen LogP contribution is -2.41. The highest BCUT2D eigenvalue weighted by molar-refractivity contribution is 6.30. The van der Waals surface area contributed by atoms with Gasteiger partial charge in [0.15, 0.2) is 0 Å². The number of nitrogens with zero attached hydrogens (tertiary/aromatic N) is 2. The average Bonchev–Trinajstić information content (AvgIpc) is 3.23. The minimum absolute atomic E-state index is 0.218. The Morgan fingerprint density at radius 1 is 1.46 bits per heavy atom. The summed E-state index contributed by atoms with van der Waals surface area (Å²) in [4.78, 5) is 16.7. The molecule has 2 aromatic rings. The van der Waals surface area contributed by atoms with Gasteiger partial charge in [-0.3, -0.25) is 0 Å². The number of carbonyl (C=O) groups is 1. The summed E-state index contributed by atoms with van der Waals surface area (Å²) in [6.07, 6.45) is 4.56. The van der Waals surface area contributed by atoms with Crippen molar-refractivity contribution in [2.45, 2.75) is 12.5 Å². The maximum absolute atomic E-state index is 12.3. The van der Waals surface area contributed by atoms with Gasteiger partial charge < -0.3 is 19.9 Å². The standard InChI is InChI=1S/C17H21ClN4O2/c1-22-8-7-19-16(22)15(13-2-4-14(18)5-3-13)21-17(23)20-10-12-6-9-24-11-12/h2-5,7-8,12,15H,6,9-11H2,1H3,(H2,20,21,23)/t12-,15+/m0/s1. The van der Waals surface area contributed by atoms with Gasteiger partial charge in [0.05, 0.1) is 6.61 Å². The average molecular weight is 349 g/mol. The predicted molar refractivity (Wildman–Crippen MR) is 92.0 cm³/mol. The third-order valence-corrected chi connectivity index (χ3v) is 4.42. The second-order valence-electron chi connectivity index (χ2n) is 5.96. The Bertz CT molecular complexity index is 680. The number of aromatic nitrogens is 2. The van der Waals surface area contributed by atoms with Crippen molar-refractivity contribution in [2.75, 3.05) is 19.8 Å². The number of benzene rings is 1. The first-order chi connectivity index (χ1) is 11.6. The zero-order valence-corrected chi connectivity index (χ0v) is 14.3. The summed E-state index contributed by atoms with van der Waals surface area (Å²) in [6.45, 7) is 2.09. The van der Waals surface area contributed by atoms with Crippen LogP contribution >= 0.6 is 11.6 Å². The van der Waals surface area contributed by atoms with Crippen LogP contribution < -0.4 is 10.6 Å². The lowest BCUT2D eigenvalue weighted by Gasteiger charge is -2.20. The third kappa shape index (κ3) is 4.07. The van der Waals surface area contributed by atoms with E-state index in [9.17, 15) is 4.79 Å². The molecule has 1 aromatic heterocycles. The second kappa shape index (κ2) is 7.68.